The Labute approximate surface area is 140 Å². The van der Waals surface area contributed by atoms with Crippen molar-refractivity contribution in [3.8, 4) is 5.75 Å². The van der Waals surface area contributed by atoms with Gasteiger partial charge in [-0.3, -0.25) is 0 Å². The molecule has 0 bridgehead atoms. The zero-order valence-corrected chi connectivity index (χ0v) is 15.1. The number of rotatable bonds is 4. The van der Waals surface area contributed by atoms with Gasteiger partial charge in [-0.25, -0.2) is 4.79 Å². The van der Waals surface area contributed by atoms with Gasteiger partial charge in [0, 0.05) is 4.47 Å². The van der Waals surface area contributed by atoms with Crippen LogP contribution in [-0.2, 0) is 17.6 Å². The Morgan fingerprint density at radius 1 is 1.23 bits per heavy atom. The average molecular weight is 370 g/mol. The number of hydrogen-bond donors (Lipinski definition) is 1. The number of carbonyl (C=O) groups excluding carboxylic acids is 1. The minimum absolute atomic E-state index is 0.408. The maximum Gasteiger partial charge on any atom is 0.407 e. The number of benzene rings is 1. The second-order valence-electron chi connectivity index (χ2n) is 6.49. The summed E-state index contributed by atoms with van der Waals surface area (Å²) in [5.41, 5.74) is 2.19. The highest BCUT2D eigenvalue weighted by molar-refractivity contribution is 9.10. The van der Waals surface area contributed by atoms with Crippen LogP contribution in [0.15, 0.2) is 16.6 Å². The van der Waals surface area contributed by atoms with E-state index in [1.165, 1.54) is 28.4 Å². The van der Waals surface area contributed by atoms with Crippen molar-refractivity contribution >= 4 is 22.0 Å². The molecule has 1 aliphatic rings. The van der Waals surface area contributed by atoms with Gasteiger partial charge in [0.15, 0.2) is 0 Å². The SMILES string of the molecule is CC(C)(C)OC(=O)NCCOc1ccc(Br)c2c1CCCC2. The summed E-state index contributed by atoms with van der Waals surface area (Å²) in [6.07, 6.45) is 4.19. The normalized spacial score (nSPS) is 14.2. The minimum atomic E-state index is -0.476. The van der Waals surface area contributed by atoms with Crippen LogP contribution in [0.5, 0.6) is 5.75 Å². The Kier molecular flexibility index (Phi) is 5.73. The first kappa shape index (κ1) is 17.1. The van der Waals surface area contributed by atoms with Crippen LogP contribution in [0.3, 0.4) is 0 Å². The van der Waals surface area contributed by atoms with Gasteiger partial charge in [-0.1, -0.05) is 15.9 Å². The lowest BCUT2D eigenvalue weighted by molar-refractivity contribution is 0.0520. The molecule has 0 aromatic heterocycles. The lowest BCUT2D eigenvalue weighted by atomic mass is 9.91. The molecule has 1 aromatic carbocycles. The first-order chi connectivity index (χ1) is 10.4. The molecule has 0 radical (unpaired) electrons. The number of amides is 1. The number of halogens is 1. The summed E-state index contributed by atoms with van der Waals surface area (Å²) in [7, 11) is 0. The molecule has 0 heterocycles. The van der Waals surface area contributed by atoms with Gasteiger partial charge in [0.25, 0.3) is 0 Å². The number of fused-ring (bicyclic) bond motifs is 1. The van der Waals surface area contributed by atoms with Crippen molar-refractivity contribution in [2.24, 2.45) is 0 Å². The molecule has 0 fully saturated rings. The van der Waals surface area contributed by atoms with Crippen LogP contribution in [0.2, 0.25) is 0 Å². The second-order valence-corrected chi connectivity index (χ2v) is 7.34. The maximum absolute atomic E-state index is 11.6. The monoisotopic (exact) mass is 369 g/mol. The van der Waals surface area contributed by atoms with Gasteiger partial charge in [0.1, 0.15) is 18.0 Å². The third kappa shape index (κ3) is 4.90. The summed E-state index contributed by atoms with van der Waals surface area (Å²) < 4.78 is 12.2. The zero-order valence-electron chi connectivity index (χ0n) is 13.5. The van der Waals surface area contributed by atoms with Crippen LogP contribution in [0.25, 0.3) is 0 Å². The predicted octanol–water partition coefficient (Wildman–Crippen LogP) is 4.23. The van der Waals surface area contributed by atoms with Crippen molar-refractivity contribution in [2.75, 3.05) is 13.2 Å². The molecule has 122 valence electrons. The zero-order chi connectivity index (χ0) is 16.2. The summed E-state index contributed by atoms with van der Waals surface area (Å²) in [5.74, 6) is 0.934. The Balaban J connectivity index is 1.84. The summed E-state index contributed by atoms with van der Waals surface area (Å²) in [4.78, 5) is 11.6. The summed E-state index contributed by atoms with van der Waals surface area (Å²) in [6, 6.07) is 4.04. The van der Waals surface area contributed by atoms with Crippen LogP contribution in [0, 0.1) is 0 Å². The number of carbonyl (C=O) groups is 1. The molecule has 0 unspecified atom stereocenters. The average Bonchev–Trinajstić information content (AvgIpc) is 2.44. The van der Waals surface area contributed by atoms with Gasteiger partial charge < -0.3 is 14.8 Å². The van der Waals surface area contributed by atoms with E-state index < -0.39 is 11.7 Å². The lowest BCUT2D eigenvalue weighted by Gasteiger charge is -2.21. The summed E-state index contributed by atoms with van der Waals surface area (Å²) in [5, 5.41) is 2.71. The van der Waals surface area contributed by atoms with Gasteiger partial charge in [-0.05, 0) is 69.7 Å². The molecule has 0 saturated heterocycles. The standard InChI is InChI=1S/C17H24BrNO3/c1-17(2,3)22-16(20)19-10-11-21-15-9-8-14(18)12-6-4-5-7-13(12)15/h8-9H,4-7,10-11H2,1-3H3,(H,19,20). The lowest BCUT2D eigenvalue weighted by Crippen LogP contribution is -2.34. The van der Waals surface area contributed by atoms with Crippen molar-refractivity contribution in [3.05, 3.63) is 27.7 Å². The van der Waals surface area contributed by atoms with E-state index in [4.69, 9.17) is 9.47 Å². The first-order valence-electron chi connectivity index (χ1n) is 7.77. The van der Waals surface area contributed by atoms with E-state index in [0.29, 0.717) is 13.2 Å². The van der Waals surface area contributed by atoms with E-state index >= 15 is 0 Å². The molecule has 5 heteroatoms. The molecule has 0 saturated carbocycles. The number of ether oxygens (including phenoxy) is 2. The quantitative estimate of drug-likeness (QED) is 0.807. The molecule has 2 rings (SSSR count). The van der Waals surface area contributed by atoms with E-state index in [-0.39, 0.29) is 0 Å². The predicted molar refractivity (Wildman–Crippen MR) is 90.5 cm³/mol. The molecule has 22 heavy (non-hydrogen) atoms. The van der Waals surface area contributed by atoms with Crippen LogP contribution < -0.4 is 10.1 Å². The molecule has 1 aromatic rings. The van der Waals surface area contributed by atoms with E-state index in [2.05, 4.69) is 21.2 Å². The third-order valence-corrected chi connectivity index (χ3v) is 4.21. The van der Waals surface area contributed by atoms with Crippen LogP contribution in [0.4, 0.5) is 4.79 Å². The smallest absolute Gasteiger partial charge is 0.407 e. The Bertz CT molecular complexity index is 537. The third-order valence-electron chi connectivity index (χ3n) is 3.46. The van der Waals surface area contributed by atoms with Crippen LogP contribution in [-0.4, -0.2) is 24.8 Å². The molecule has 1 N–H and O–H groups in total. The van der Waals surface area contributed by atoms with Crippen LogP contribution >= 0.6 is 15.9 Å². The molecular weight excluding hydrogens is 346 g/mol. The molecule has 1 aliphatic carbocycles. The first-order valence-corrected chi connectivity index (χ1v) is 8.56. The fourth-order valence-electron chi connectivity index (χ4n) is 2.55. The van der Waals surface area contributed by atoms with Gasteiger partial charge in [-0.15, -0.1) is 0 Å². The topological polar surface area (TPSA) is 47.6 Å². The Morgan fingerprint density at radius 2 is 1.91 bits per heavy atom. The molecular formula is C17H24BrNO3. The molecule has 0 atom stereocenters. The largest absolute Gasteiger partial charge is 0.491 e. The highest BCUT2D eigenvalue weighted by Gasteiger charge is 2.18. The molecule has 1 amide bonds. The van der Waals surface area contributed by atoms with Crippen molar-refractivity contribution in [1.29, 1.82) is 0 Å². The summed E-state index contributed by atoms with van der Waals surface area (Å²) in [6.45, 7) is 6.40. The van der Waals surface area contributed by atoms with Gasteiger partial charge >= 0.3 is 6.09 Å². The highest BCUT2D eigenvalue weighted by Crippen LogP contribution is 2.34. The fraction of sp³-hybridized carbons (Fsp3) is 0.588. The molecule has 0 aliphatic heterocycles. The Hall–Kier alpha value is -1.23. The van der Waals surface area contributed by atoms with E-state index in [1.807, 2.05) is 32.9 Å². The van der Waals surface area contributed by atoms with Gasteiger partial charge in [-0.2, -0.15) is 0 Å². The van der Waals surface area contributed by atoms with E-state index in [9.17, 15) is 4.79 Å². The molecule has 4 nitrogen and oxygen atoms in total. The molecule has 0 spiro atoms. The maximum atomic E-state index is 11.6. The Morgan fingerprint density at radius 3 is 2.59 bits per heavy atom. The highest BCUT2D eigenvalue weighted by atomic mass is 79.9. The van der Waals surface area contributed by atoms with Gasteiger partial charge in [0.05, 0.1) is 6.54 Å². The number of hydrogen-bond acceptors (Lipinski definition) is 3. The van der Waals surface area contributed by atoms with E-state index in [1.54, 1.807) is 0 Å². The van der Waals surface area contributed by atoms with Crippen molar-refractivity contribution < 1.29 is 14.3 Å². The minimum Gasteiger partial charge on any atom is -0.491 e. The fourth-order valence-corrected chi connectivity index (χ4v) is 3.12. The van der Waals surface area contributed by atoms with E-state index in [0.717, 1.165) is 18.6 Å². The number of alkyl carbamates (subject to hydrolysis) is 1. The summed E-state index contributed by atoms with van der Waals surface area (Å²) >= 11 is 3.62. The van der Waals surface area contributed by atoms with Gasteiger partial charge in [0.2, 0.25) is 0 Å². The van der Waals surface area contributed by atoms with Crippen molar-refractivity contribution in [3.63, 3.8) is 0 Å². The van der Waals surface area contributed by atoms with Crippen molar-refractivity contribution in [1.82, 2.24) is 5.32 Å². The van der Waals surface area contributed by atoms with Crippen molar-refractivity contribution in [2.45, 2.75) is 52.1 Å². The number of nitrogens with one attached hydrogen (secondary N) is 1. The second kappa shape index (κ2) is 7.36. The van der Waals surface area contributed by atoms with Crippen LogP contribution in [0.1, 0.15) is 44.7 Å².